The highest BCUT2D eigenvalue weighted by molar-refractivity contribution is 7.17. The van der Waals surface area contributed by atoms with E-state index in [1.165, 1.54) is 26.3 Å². The molecule has 13 heteroatoms. The van der Waals surface area contributed by atoms with Gasteiger partial charge in [0.15, 0.2) is 5.13 Å². The maximum absolute atomic E-state index is 13.2. The molecule has 0 radical (unpaired) electrons. The topological polar surface area (TPSA) is 62.3 Å². The van der Waals surface area contributed by atoms with Crippen molar-refractivity contribution >= 4 is 28.3 Å². The molecule has 5 nitrogen and oxygen atoms in total. The maximum atomic E-state index is 13.2. The standard InChI is InChI=1S/C11H10F7N3O2S/c1-4-5(6(22)21(2)3)24-8(19-4)20-7(23)9(12,13)10(14,15)11(16,17)18/h1-3H3,(H,19,20,23). The molecule has 0 aliphatic rings. The average Bonchev–Trinajstić information content (AvgIpc) is 2.76. The van der Waals surface area contributed by atoms with Crippen molar-refractivity contribution in [2.75, 3.05) is 19.4 Å². The van der Waals surface area contributed by atoms with Gasteiger partial charge in [0.1, 0.15) is 4.88 Å². The number of carbonyl (C=O) groups excluding carboxylic acids is 2. The summed E-state index contributed by atoms with van der Waals surface area (Å²) in [7, 11) is 2.72. The summed E-state index contributed by atoms with van der Waals surface area (Å²) in [5.41, 5.74) is -0.0140. The van der Waals surface area contributed by atoms with Crippen LogP contribution in [0.4, 0.5) is 35.9 Å². The number of nitrogens with one attached hydrogen (secondary N) is 1. The van der Waals surface area contributed by atoms with Crippen LogP contribution in [0.5, 0.6) is 0 Å². The third-order valence-corrected chi connectivity index (χ3v) is 3.71. The van der Waals surface area contributed by atoms with Crippen LogP contribution in [0.25, 0.3) is 0 Å². The van der Waals surface area contributed by atoms with E-state index in [2.05, 4.69) is 4.98 Å². The number of anilines is 1. The normalized spacial score (nSPS) is 12.9. The van der Waals surface area contributed by atoms with E-state index in [4.69, 9.17) is 0 Å². The first-order valence-electron chi connectivity index (χ1n) is 5.95. The molecule has 0 aromatic carbocycles. The first-order valence-corrected chi connectivity index (χ1v) is 6.77. The third kappa shape index (κ3) is 3.44. The zero-order chi connectivity index (χ0) is 19.1. The molecule has 1 N–H and O–H groups in total. The minimum absolute atomic E-state index is 0.0140. The molecule has 1 aromatic heterocycles. The zero-order valence-electron chi connectivity index (χ0n) is 12.3. The molecule has 0 saturated heterocycles. The second-order valence-corrected chi connectivity index (χ2v) is 5.73. The van der Waals surface area contributed by atoms with Crippen molar-refractivity contribution in [1.29, 1.82) is 0 Å². The number of amides is 2. The molecule has 1 rings (SSSR count). The van der Waals surface area contributed by atoms with Crippen molar-refractivity contribution in [3.8, 4) is 0 Å². The maximum Gasteiger partial charge on any atom is 0.460 e. The molecular formula is C11H10F7N3O2S. The number of thiazole rings is 1. The number of carbonyl (C=O) groups is 2. The molecule has 0 fully saturated rings. The van der Waals surface area contributed by atoms with Gasteiger partial charge in [0, 0.05) is 14.1 Å². The van der Waals surface area contributed by atoms with E-state index in [0.29, 0.717) is 11.3 Å². The van der Waals surface area contributed by atoms with E-state index in [1.807, 2.05) is 0 Å². The van der Waals surface area contributed by atoms with Crippen LogP contribution in [0, 0.1) is 6.92 Å². The van der Waals surface area contributed by atoms with Crippen LogP contribution < -0.4 is 5.32 Å². The van der Waals surface area contributed by atoms with Crippen LogP contribution in [0.15, 0.2) is 0 Å². The lowest BCUT2D eigenvalue weighted by Gasteiger charge is -2.26. The number of rotatable bonds is 4. The molecule has 0 saturated carbocycles. The molecule has 24 heavy (non-hydrogen) atoms. The van der Waals surface area contributed by atoms with Gasteiger partial charge in [0.2, 0.25) is 0 Å². The molecule has 0 atom stereocenters. The number of halogens is 7. The van der Waals surface area contributed by atoms with Crippen LogP contribution in [-0.2, 0) is 4.79 Å². The predicted molar refractivity (Wildman–Crippen MR) is 69.4 cm³/mol. The van der Waals surface area contributed by atoms with Gasteiger partial charge < -0.3 is 4.90 Å². The van der Waals surface area contributed by atoms with Crippen molar-refractivity contribution < 1.29 is 40.3 Å². The number of hydrogen-bond donors (Lipinski definition) is 1. The summed E-state index contributed by atoms with van der Waals surface area (Å²) in [5.74, 6) is -16.1. The molecule has 2 amide bonds. The summed E-state index contributed by atoms with van der Waals surface area (Å²) in [5, 5.41) is 0.475. The highest BCUT2D eigenvalue weighted by Gasteiger charge is 2.76. The minimum atomic E-state index is -6.63. The lowest BCUT2D eigenvalue weighted by Crippen LogP contribution is -2.57. The number of aromatic nitrogens is 1. The van der Waals surface area contributed by atoms with Crippen LogP contribution in [0.1, 0.15) is 15.4 Å². The molecule has 0 aliphatic heterocycles. The molecule has 1 aromatic rings. The Morgan fingerprint density at radius 2 is 1.58 bits per heavy atom. The van der Waals surface area contributed by atoms with E-state index in [1.54, 1.807) is 0 Å². The van der Waals surface area contributed by atoms with Crippen molar-refractivity contribution in [3.63, 3.8) is 0 Å². The van der Waals surface area contributed by atoms with Gasteiger partial charge in [-0.1, -0.05) is 11.3 Å². The summed E-state index contributed by atoms with van der Waals surface area (Å²) in [6, 6.07) is 0. The van der Waals surface area contributed by atoms with Gasteiger partial charge in [-0.3, -0.25) is 14.9 Å². The van der Waals surface area contributed by atoms with Gasteiger partial charge in [-0.15, -0.1) is 0 Å². The average molecular weight is 381 g/mol. The van der Waals surface area contributed by atoms with E-state index >= 15 is 0 Å². The van der Waals surface area contributed by atoms with E-state index in [-0.39, 0.29) is 10.6 Å². The van der Waals surface area contributed by atoms with Crippen molar-refractivity contribution in [2.45, 2.75) is 24.9 Å². The Labute approximate surface area is 134 Å². The summed E-state index contributed by atoms with van der Waals surface area (Å²) in [4.78, 5) is 27.4. The fraction of sp³-hybridized carbons (Fsp3) is 0.545. The smallest absolute Gasteiger partial charge is 0.344 e. The third-order valence-electron chi connectivity index (χ3n) is 2.65. The largest absolute Gasteiger partial charge is 0.460 e. The second-order valence-electron chi connectivity index (χ2n) is 4.73. The van der Waals surface area contributed by atoms with Crippen LogP contribution in [0.2, 0.25) is 0 Å². The van der Waals surface area contributed by atoms with Crippen LogP contribution >= 0.6 is 11.3 Å². The summed E-state index contributed by atoms with van der Waals surface area (Å²) < 4.78 is 88.0. The predicted octanol–water partition coefficient (Wildman–Crippen LogP) is 2.92. The minimum Gasteiger partial charge on any atom is -0.344 e. The lowest BCUT2D eigenvalue weighted by atomic mass is 10.1. The molecule has 0 bridgehead atoms. The molecule has 0 aliphatic carbocycles. The monoisotopic (exact) mass is 381 g/mol. The molecule has 1 heterocycles. The zero-order valence-corrected chi connectivity index (χ0v) is 13.1. The Morgan fingerprint density at radius 1 is 1.08 bits per heavy atom. The van der Waals surface area contributed by atoms with Gasteiger partial charge >= 0.3 is 23.9 Å². The Morgan fingerprint density at radius 3 is 2.00 bits per heavy atom. The Hall–Kier alpha value is -1.92. The number of hydrogen-bond acceptors (Lipinski definition) is 4. The van der Waals surface area contributed by atoms with Gasteiger partial charge in [0.05, 0.1) is 5.69 Å². The Balaban J connectivity index is 3.08. The van der Waals surface area contributed by atoms with E-state index in [9.17, 15) is 40.3 Å². The second kappa shape index (κ2) is 6.18. The molecule has 136 valence electrons. The summed E-state index contributed by atoms with van der Waals surface area (Å²) in [6.45, 7) is 1.27. The lowest BCUT2D eigenvalue weighted by molar-refractivity contribution is -0.343. The van der Waals surface area contributed by atoms with Crippen molar-refractivity contribution in [3.05, 3.63) is 10.6 Å². The van der Waals surface area contributed by atoms with Crippen molar-refractivity contribution in [2.24, 2.45) is 0 Å². The van der Waals surface area contributed by atoms with Crippen LogP contribution in [-0.4, -0.2) is 53.8 Å². The quantitative estimate of drug-likeness (QED) is 0.816. The first-order chi connectivity index (χ1) is 10.6. The fourth-order valence-corrected chi connectivity index (χ4v) is 2.33. The summed E-state index contributed by atoms with van der Waals surface area (Å²) in [6.07, 6.45) is -6.63. The SMILES string of the molecule is Cc1nc(NC(=O)C(F)(F)C(F)(F)C(F)(F)F)sc1C(=O)N(C)C. The molecule has 0 unspecified atom stereocenters. The fourth-order valence-electron chi connectivity index (χ4n) is 1.35. The Bertz CT molecular complexity index is 655. The van der Waals surface area contributed by atoms with Gasteiger partial charge in [0.25, 0.3) is 5.91 Å². The summed E-state index contributed by atoms with van der Waals surface area (Å²) >= 11 is 0.365. The number of alkyl halides is 7. The van der Waals surface area contributed by atoms with Gasteiger partial charge in [-0.05, 0) is 6.92 Å². The first kappa shape index (κ1) is 20.1. The highest BCUT2D eigenvalue weighted by atomic mass is 32.1. The van der Waals surface area contributed by atoms with Crippen LogP contribution in [0.3, 0.4) is 0 Å². The van der Waals surface area contributed by atoms with Gasteiger partial charge in [-0.2, -0.15) is 30.7 Å². The van der Waals surface area contributed by atoms with E-state index in [0.717, 1.165) is 4.90 Å². The number of aryl methyl sites for hydroxylation is 1. The molecule has 0 spiro atoms. The van der Waals surface area contributed by atoms with Crippen molar-refractivity contribution in [1.82, 2.24) is 9.88 Å². The van der Waals surface area contributed by atoms with E-state index < -0.39 is 35.0 Å². The molecular weight excluding hydrogens is 371 g/mol. The van der Waals surface area contributed by atoms with Gasteiger partial charge in [-0.25, -0.2) is 4.98 Å². The highest BCUT2D eigenvalue weighted by Crippen LogP contribution is 2.47. The number of nitrogens with zero attached hydrogens (tertiary/aromatic N) is 2. The Kier molecular flexibility index (Phi) is 5.18.